The number of pyridine rings is 1. The third-order valence-electron chi connectivity index (χ3n) is 2.24. The molecule has 16 heavy (non-hydrogen) atoms. The molecule has 0 bridgehead atoms. The molecule has 0 amide bonds. The second kappa shape index (κ2) is 4.47. The van der Waals surface area contributed by atoms with Gasteiger partial charge in [0, 0.05) is 17.0 Å². The largest absolute Gasteiger partial charge is 0.258 e. The maximum Gasteiger partial charge on any atom is 0.149 e. The second-order valence-electron chi connectivity index (χ2n) is 3.65. The zero-order valence-corrected chi connectivity index (χ0v) is 10.9. The highest BCUT2D eigenvalue weighted by Gasteiger charge is 2.12. The number of alkyl halides is 1. The lowest BCUT2D eigenvalue weighted by Gasteiger charge is -2.01. The van der Waals surface area contributed by atoms with Crippen LogP contribution in [0.4, 0.5) is 0 Å². The molecule has 0 saturated heterocycles. The van der Waals surface area contributed by atoms with Gasteiger partial charge < -0.3 is 0 Å². The minimum absolute atomic E-state index is 0.0926. The van der Waals surface area contributed by atoms with E-state index in [1.807, 2.05) is 32.9 Å². The Hall–Kier alpha value is -1.00. The van der Waals surface area contributed by atoms with E-state index in [0.717, 1.165) is 27.0 Å². The van der Waals surface area contributed by atoms with Crippen LogP contribution in [0.15, 0.2) is 12.1 Å². The molecular weight excluding hydrogens is 242 g/mol. The summed E-state index contributed by atoms with van der Waals surface area (Å²) in [7, 11) is 0. The topological polar surface area (TPSA) is 38.7 Å². The Bertz CT molecular complexity index is 508. The average molecular weight is 254 g/mol. The van der Waals surface area contributed by atoms with Gasteiger partial charge in [-0.25, -0.2) is 0 Å². The summed E-state index contributed by atoms with van der Waals surface area (Å²) < 4.78 is 0. The zero-order chi connectivity index (χ0) is 11.7. The monoisotopic (exact) mass is 253 g/mol. The molecule has 2 aromatic rings. The quantitative estimate of drug-likeness (QED) is 0.769. The Labute approximate surface area is 104 Å². The van der Waals surface area contributed by atoms with Crippen molar-refractivity contribution in [3.05, 3.63) is 28.5 Å². The number of halogens is 1. The number of nitrogens with zero attached hydrogens (tertiary/aromatic N) is 3. The molecule has 1 unspecified atom stereocenters. The van der Waals surface area contributed by atoms with Crippen LogP contribution in [0.3, 0.4) is 0 Å². The fraction of sp³-hybridized carbons (Fsp3) is 0.364. The summed E-state index contributed by atoms with van der Waals surface area (Å²) in [5, 5.41) is 9.84. The zero-order valence-electron chi connectivity index (χ0n) is 9.36. The molecule has 5 heteroatoms. The lowest BCUT2D eigenvalue weighted by molar-refractivity contribution is 0.961. The van der Waals surface area contributed by atoms with Crippen LogP contribution >= 0.6 is 22.9 Å². The van der Waals surface area contributed by atoms with Crippen LogP contribution in [0.5, 0.6) is 0 Å². The molecule has 0 aromatic carbocycles. The first-order valence-corrected chi connectivity index (χ1v) is 6.25. The fourth-order valence-electron chi connectivity index (χ4n) is 1.42. The van der Waals surface area contributed by atoms with Gasteiger partial charge in [-0.3, -0.25) is 4.98 Å². The highest BCUT2D eigenvalue weighted by Crippen LogP contribution is 2.30. The molecular formula is C11H12ClN3S. The molecule has 0 spiro atoms. The van der Waals surface area contributed by atoms with E-state index in [0.29, 0.717) is 0 Å². The molecule has 3 nitrogen and oxygen atoms in total. The van der Waals surface area contributed by atoms with Gasteiger partial charge in [0.05, 0.1) is 5.38 Å². The predicted octanol–water partition coefficient (Wildman–Crippen LogP) is 3.52. The van der Waals surface area contributed by atoms with Crippen molar-refractivity contribution in [2.45, 2.75) is 26.1 Å². The SMILES string of the molecule is Cc1ccc(-c2nnc(C(C)Cl)s2)c(C)n1. The van der Waals surface area contributed by atoms with Crippen molar-refractivity contribution in [1.29, 1.82) is 0 Å². The van der Waals surface area contributed by atoms with E-state index in [4.69, 9.17) is 11.6 Å². The molecule has 2 rings (SSSR count). The summed E-state index contributed by atoms with van der Waals surface area (Å²) in [6.45, 7) is 5.85. The van der Waals surface area contributed by atoms with E-state index in [1.165, 1.54) is 11.3 Å². The Morgan fingerprint density at radius 3 is 2.56 bits per heavy atom. The minimum atomic E-state index is -0.0926. The molecule has 0 radical (unpaired) electrons. The van der Waals surface area contributed by atoms with Gasteiger partial charge in [-0.2, -0.15) is 0 Å². The first-order chi connectivity index (χ1) is 7.58. The third-order valence-corrected chi connectivity index (χ3v) is 3.71. The highest BCUT2D eigenvalue weighted by atomic mass is 35.5. The molecule has 0 saturated carbocycles. The minimum Gasteiger partial charge on any atom is -0.258 e. The first kappa shape index (κ1) is 11.5. The number of hydrogen-bond donors (Lipinski definition) is 0. The van der Waals surface area contributed by atoms with Crippen molar-refractivity contribution in [3.63, 3.8) is 0 Å². The molecule has 0 aliphatic rings. The van der Waals surface area contributed by atoms with E-state index >= 15 is 0 Å². The molecule has 0 N–H and O–H groups in total. The maximum absolute atomic E-state index is 5.96. The van der Waals surface area contributed by atoms with Crippen molar-refractivity contribution < 1.29 is 0 Å². The van der Waals surface area contributed by atoms with Gasteiger partial charge in [0.15, 0.2) is 0 Å². The van der Waals surface area contributed by atoms with Crippen LogP contribution in [-0.2, 0) is 0 Å². The smallest absolute Gasteiger partial charge is 0.149 e. The Kier molecular flexibility index (Phi) is 3.21. The summed E-state index contributed by atoms with van der Waals surface area (Å²) >= 11 is 7.48. The lowest BCUT2D eigenvalue weighted by Crippen LogP contribution is -1.89. The first-order valence-electron chi connectivity index (χ1n) is 5.00. The van der Waals surface area contributed by atoms with Crippen LogP contribution in [-0.4, -0.2) is 15.2 Å². The molecule has 2 aromatic heterocycles. The Balaban J connectivity index is 2.42. The van der Waals surface area contributed by atoms with Gasteiger partial charge in [-0.1, -0.05) is 11.3 Å². The predicted molar refractivity (Wildman–Crippen MR) is 66.9 cm³/mol. The summed E-state index contributed by atoms with van der Waals surface area (Å²) in [5.41, 5.74) is 3.02. The maximum atomic E-state index is 5.96. The average Bonchev–Trinajstić information content (AvgIpc) is 2.66. The number of aromatic nitrogens is 3. The van der Waals surface area contributed by atoms with Crippen LogP contribution < -0.4 is 0 Å². The van der Waals surface area contributed by atoms with Crippen LogP contribution in [0.2, 0.25) is 0 Å². The van der Waals surface area contributed by atoms with E-state index < -0.39 is 0 Å². The molecule has 0 aliphatic carbocycles. The second-order valence-corrected chi connectivity index (χ2v) is 5.31. The van der Waals surface area contributed by atoms with Crippen molar-refractivity contribution in [2.24, 2.45) is 0 Å². The van der Waals surface area contributed by atoms with E-state index in [2.05, 4.69) is 15.2 Å². The Morgan fingerprint density at radius 2 is 2.00 bits per heavy atom. The van der Waals surface area contributed by atoms with Gasteiger partial charge in [0.2, 0.25) is 0 Å². The van der Waals surface area contributed by atoms with Crippen LogP contribution in [0.25, 0.3) is 10.6 Å². The standard InChI is InChI=1S/C11H12ClN3S/c1-6-4-5-9(8(3)13-6)11-15-14-10(16-11)7(2)12/h4-5,7H,1-3H3. The van der Waals surface area contributed by atoms with Crippen LogP contribution in [0, 0.1) is 13.8 Å². The van der Waals surface area contributed by atoms with Gasteiger partial charge in [-0.05, 0) is 32.9 Å². The normalized spacial score (nSPS) is 12.8. The summed E-state index contributed by atoms with van der Waals surface area (Å²) in [6.07, 6.45) is 0. The van der Waals surface area contributed by atoms with Crippen molar-refractivity contribution >= 4 is 22.9 Å². The summed E-state index contributed by atoms with van der Waals surface area (Å²) in [4.78, 5) is 4.41. The molecule has 84 valence electrons. The molecule has 2 heterocycles. The van der Waals surface area contributed by atoms with Gasteiger partial charge in [0.25, 0.3) is 0 Å². The van der Waals surface area contributed by atoms with Crippen molar-refractivity contribution in [2.75, 3.05) is 0 Å². The number of rotatable bonds is 2. The molecule has 0 aliphatic heterocycles. The van der Waals surface area contributed by atoms with Crippen molar-refractivity contribution in [1.82, 2.24) is 15.2 Å². The van der Waals surface area contributed by atoms with Crippen molar-refractivity contribution in [3.8, 4) is 10.6 Å². The lowest BCUT2D eigenvalue weighted by atomic mass is 10.2. The summed E-state index contributed by atoms with van der Waals surface area (Å²) in [5.74, 6) is 0. The van der Waals surface area contributed by atoms with E-state index in [9.17, 15) is 0 Å². The molecule has 1 atom stereocenters. The molecule has 0 fully saturated rings. The van der Waals surface area contributed by atoms with Gasteiger partial charge in [-0.15, -0.1) is 21.8 Å². The van der Waals surface area contributed by atoms with Gasteiger partial charge in [0.1, 0.15) is 10.0 Å². The summed E-state index contributed by atoms with van der Waals surface area (Å²) in [6, 6.07) is 4.01. The fourth-order valence-corrected chi connectivity index (χ4v) is 2.44. The number of hydrogen-bond acceptors (Lipinski definition) is 4. The van der Waals surface area contributed by atoms with Crippen LogP contribution in [0.1, 0.15) is 28.7 Å². The highest BCUT2D eigenvalue weighted by molar-refractivity contribution is 7.15. The van der Waals surface area contributed by atoms with E-state index in [-0.39, 0.29) is 5.38 Å². The third kappa shape index (κ3) is 2.23. The number of aryl methyl sites for hydroxylation is 2. The van der Waals surface area contributed by atoms with Gasteiger partial charge >= 0.3 is 0 Å². The Morgan fingerprint density at radius 1 is 1.25 bits per heavy atom. The van der Waals surface area contributed by atoms with E-state index in [1.54, 1.807) is 0 Å².